The third-order valence-corrected chi connectivity index (χ3v) is 6.62. The van der Waals surface area contributed by atoms with E-state index >= 15 is 0 Å². The lowest BCUT2D eigenvalue weighted by molar-refractivity contribution is -0.140. The number of carbonyl (C=O) groups is 2. The Morgan fingerprint density at radius 1 is 1.06 bits per heavy atom. The normalized spacial score (nSPS) is 12.2. The van der Waals surface area contributed by atoms with Gasteiger partial charge in [-0.25, -0.2) is 17.2 Å². The third-order valence-electron chi connectivity index (χ3n) is 5.43. The van der Waals surface area contributed by atoms with Crippen molar-refractivity contribution in [3.63, 3.8) is 0 Å². The predicted molar refractivity (Wildman–Crippen MR) is 134 cm³/mol. The van der Waals surface area contributed by atoms with E-state index in [1.807, 2.05) is 19.9 Å². The van der Waals surface area contributed by atoms with Gasteiger partial charge in [0.05, 0.1) is 19.1 Å². The number of benzene rings is 2. The van der Waals surface area contributed by atoms with Crippen molar-refractivity contribution in [1.82, 2.24) is 10.2 Å². The highest BCUT2D eigenvalue weighted by Crippen LogP contribution is 2.22. The first-order valence-electron chi connectivity index (χ1n) is 11.5. The van der Waals surface area contributed by atoms with Gasteiger partial charge in [0.1, 0.15) is 11.8 Å². The van der Waals surface area contributed by atoms with Crippen LogP contribution < -0.4 is 14.4 Å². The summed E-state index contributed by atoms with van der Waals surface area (Å²) in [5, 5.41) is 2.80. The van der Waals surface area contributed by atoms with Crippen LogP contribution in [0.5, 0.6) is 5.75 Å². The standard InChI is InChI=1S/C25H33F2N3O5S/c1-17(2)28-25(32)18(3)29(16-19-8-6-9-21(14-19)35-4)24(31)10-7-13-30(36(5,33)34)20-11-12-22(26)23(27)15-20/h6,8-9,11-12,14-15,17-18H,7,10,13,16H2,1-5H3,(H,28,32)/t18-/m1/s1. The van der Waals surface area contributed by atoms with Gasteiger partial charge in [0.2, 0.25) is 21.8 Å². The summed E-state index contributed by atoms with van der Waals surface area (Å²) < 4.78 is 57.8. The van der Waals surface area contributed by atoms with E-state index in [0.717, 1.165) is 34.3 Å². The van der Waals surface area contributed by atoms with Crippen LogP contribution in [0.25, 0.3) is 0 Å². The molecule has 0 aliphatic carbocycles. The minimum Gasteiger partial charge on any atom is -0.497 e. The number of sulfonamides is 1. The maximum Gasteiger partial charge on any atom is 0.242 e. The topological polar surface area (TPSA) is 96.0 Å². The second kappa shape index (κ2) is 12.7. The van der Waals surface area contributed by atoms with Crippen LogP contribution in [-0.2, 0) is 26.2 Å². The number of rotatable bonds is 12. The molecule has 198 valence electrons. The zero-order valence-electron chi connectivity index (χ0n) is 21.1. The van der Waals surface area contributed by atoms with Gasteiger partial charge in [-0.05, 0) is 57.0 Å². The van der Waals surface area contributed by atoms with Crippen molar-refractivity contribution in [2.24, 2.45) is 0 Å². The molecule has 0 aliphatic heterocycles. The molecule has 2 amide bonds. The molecule has 0 aromatic heterocycles. The molecule has 2 aromatic carbocycles. The van der Waals surface area contributed by atoms with Crippen molar-refractivity contribution in [2.75, 3.05) is 24.2 Å². The fourth-order valence-electron chi connectivity index (χ4n) is 3.60. The number of nitrogens with one attached hydrogen (secondary N) is 1. The van der Waals surface area contributed by atoms with Crippen LogP contribution in [0.4, 0.5) is 14.5 Å². The van der Waals surface area contributed by atoms with Crippen molar-refractivity contribution in [3.8, 4) is 5.75 Å². The van der Waals surface area contributed by atoms with E-state index in [-0.39, 0.29) is 49.5 Å². The van der Waals surface area contributed by atoms with Gasteiger partial charge in [-0.2, -0.15) is 0 Å². The number of amides is 2. The summed E-state index contributed by atoms with van der Waals surface area (Å²) in [6.45, 7) is 5.27. The van der Waals surface area contributed by atoms with Crippen LogP contribution in [0.2, 0.25) is 0 Å². The Bertz CT molecular complexity index is 1170. The number of halogens is 2. The molecule has 0 radical (unpaired) electrons. The second-order valence-electron chi connectivity index (χ2n) is 8.75. The summed E-state index contributed by atoms with van der Waals surface area (Å²) >= 11 is 0. The highest BCUT2D eigenvalue weighted by molar-refractivity contribution is 7.92. The summed E-state index contributed by atoms with van der Waals surface area (Å²) in [4.78, 5) is 27.3. The summed E-state index contributed by atoms with van der Waals surface area (Å²) in [5.74, 6) is -2.34. The van der Waals surface area contributed by atoms with Crippen LogP contribution in [0.1, 0.15) is 39.2 Å². The largest absolute Gasteiger partial charge is 0.497 e. The molecule has 1 N–H and O–H groups in total. The molecule has 8 nitrogen and oxygen atoms in total. The number of methoxy groups -OCH3 is 1. The van der Waals surface area contributed by atoms with E-state index < -0.39 is 27.7 Å². The summed E-state index contributed by atoms with van der Waals surface area (Å²) in [6, 6.07) is 9.02. The minimum absolute atomic E-state index is 0.0400. The molecule has 2 rings (SSSR count). The highest BCUT2D eigenvalue weighted by Gasteiger charge is 2.27. The molecule has 0 aliphatic rings. The number of nitrogens with zero attached hydrogens (tertiary/aromatic N) is 2. The molecule has 0 spiro atoms. The molecule has 0 bridgehead atoms. The molecular weight excluding hydrogens is 492 g/mol. The summed E-state index contributed by atoms with van der Waals surface area (Å²) in [5.41, 5.74) is 0.716. The Balaban J connectivity index is 2.20. The molecule has 2 aromatic rings. The van der Waals surface area contributed by atoms with E-state index in [0.29, 0.717) is 5.75 Å². The molecule has 0 saturated heterocycles. The number of carbonyl (C=O) groups excluding carboxylic acids is 2. The van der Waals surface area contributed by atoms with Crippen molar-refractivity contribution >= 4 is 27.5 Å². The van der Waals surface area contributed by atoms with Gasteiger partial charge < -0.3 is 15.0 Å². The quantitative estimate of drug-likeness (QED) is 0.458. The molecule has 0 saturated carbocycles. The van der Waals surface area contributed by atoms with Gasteiger partial charge in [0.25, 0.3) is 0 Å². The van der Waals surface area contributed by atoms with Crippen LogP contribution in [0.3, 0.4) is 0 Å². The lowest BCUT2D eigenvalue weighted by atomic mass is 10.1. The molecule has 1 atom stereocenters. The minimum atomic E-state index is -3.82. The Hall–Kier alpha value is -3.21. The van der Waals surface area contributed by atoms with Gasteiger partial charge in [-0.15, -0.1) is 0 Å². The lowest BCUT2D eigenvalue weighted by Gasteiger charge is -2.30. The first-order chi connectivity index (χ1) is 16.8. The van der Waals surface area contributed by atoms with Crippen LogP contribution in [-0.4, -0.2) is 57.1 Å². The summed E-state index contributed by atoms with van der Waals surface area (Å²) in [7, 11) is -2.29. The number of anilines is 1. The van der Waals surface area contributed by atoms with Crippen LogP contribution in [0.15, 0.2) is 42.5 Å². The van der Waals surface area contributed by atoms with E-state index in [4.69, 9.17) is 4.74 Å². The van der Waals surface area contributed by atoms with Gasteiger partial charge >= 0.3 is 0 Å². The van der Waals surface area contributed by atoms with E-state index in [9.17, 15) is 26.8 Å². The Kier molecular flexibility index (Phi) is 10.2. The molecule has 0 fully saturated rings. The summed E-state index contributed by atoms with van der Waals surface area (Å²) in [6.07, 6.45) is 0.973. The fraction of sp³-hybridized carbons (Fsp3) is 0.440. The van der Waals surface area contributed by atoms with E-state index in [2.05, 4.69) is 5.32 Å². The Labute approximate surface area is 211 Å². The fourth-order valence-corrected chi connectivity index (χ4v) is 4.56. The predicted octanol–water partition coefficient (Wildman–Crippen LogP) is 3.46. The molecule has 36 heavy (non-hydrogen) atoms. The maximum atomic E-state index is 13.7. The van der Waals surface area contributed by atoms with E-state index in [1.165, 1.54) is 12.0 Å². The zero-order chi connectivity index (χ0) is 27.0. The highest BCUT2D eigenvalue weighted by atomic mass is 32.2. The van der Waals surface area contributed by atoms with Crippen molar-refractivity contribution in [3.05, 3.63) is 59.7 Å². The van der Waals surface area contributed by atoms with Gasteiger partial charge in [0.15, 0.2) is 11.6 Å². The molecule has 0 unspecified atom stereocenters. The lowest BCUT2D eigenvalue weighted by Crippen LogP contribution is -2.49. The Morgan fingerprint density at radius 2 is 1.75 bits per heavy atom. The molecular formula is C25H33F2N3O5S. The monoisotopic (exact) mass is 525 g/mol. The maximum absolute atomic E-state index is 13.7. The zero-order valence-corrected chi connectivity index (χ0v) is 21.9. The van der Waals surface area contributed by atoms with Gasteiger partial charge in [-0.3, -0.25) is 13.9 Å². The number of hydrogen-bond donors (Lipinski definition) is 1. The van der Waals surface area contributed by atoms with Crippen LogP contribution in [0, 0.1) is 11.6 Å². The number of hydrogen-bond acceptors (Lipinski definition) is 5. The van der Waals surface area contributed by atoms with Crippen LogP contribution >= 0.6 is 0 Å². The van der Waals surface area contributed by atoms with E-state index in [1.54, 1.807) is 25.1 Å². The average molecular weight is 526 g/mol. The van der Waals surface area contributed by atoms with Crippen molar-refractivity contribution < 1.29 is 31.5 Å². The molecule has 0 heterocycles. The first kappa shape index (κ1) is 29.0. The SMILES string of the molecule is COc1cccc(CN(C(=O)CCCN(c2ccc(F)c(F)c2)S(C)(=O)=O)[C@H](C)C(=O)NC(C)C)c1. The average Bonchev–Trinajstić information content (AvgIpc) is 2.80. The van der Waals surface area contributed by atoms with Crippen molar-refractivity contribution in [1.29, 1.82) is 0 Å². The first-order valence-corrected chi connectivity index (χ1v) is 13.3. The van der Waals surface area contributed by atoms with Gasteiger partial charge in [-0.1, -0.05) is 12.1 Å². The number of ether oxygens (including phenoxy) is 1. The Morgan fingerprint density at radius 3 is 2.33 bits per heavy atom. The van der Waals surface area contributed by atoms with Crippen molar-refractivity contribution in [2.45, 2.75) is 52.2 Å². The third kappa shape index (κ3) is 8.18. The molecule has 11 heteroatoms. The second-order valence-corrected chi connectivity index (χ2v) is 10.7. The van der Waals surface area contributed by atoms with Gasteiger partial charge in [0, 0.05) is 31.6 Å². The smallest absolute Gasteiger partial charge is 0.242 e.